The molecular weight excluding hydrogens is 330 g/mol. The van der Waals surface area contributed by atoms with Gasteiger partial charge in [-0.1, -0.05) is 6.92 Å². The summed E-state index contributed by atoms with van der Waals surface area (Å²) in [7, 11) is 0. The predicted octanol–water partition coefficient (Wildman–Crippen LogP) is 1.95. The summed E-state index contributed by atoms with van der Waals surface area (Å²) >= 11 is 0. The Bertz CT molecular complexity index is 876. The highest BCUT2D eigenvalue weighted by Gasteiger charge is 2.30. The van der Waals surface area contributed by atoms with Gasteiger partial charge in [-0.3, -0.25) is 14.7 Å². The molecule has 0 spiro atoms. The molecule has 138 valence electrons. The third-order valence-electron chi connectivity index (χ3n) is 5.68. The standard InChI is InChI=1S/C19H25N5O2/c1-11-3-4-15-14(9-11)18(23-22-15)19(26)24-7-5-13(6-8-24)16-10-17(25)21-12(2)20-16/h10-11,13H,3-9H2,1-2H3,(H,22,23)(H,20,21,25)/t11-/m1/s1. The monoisotopic (exact) mass is 355 g/mol. The quantitative estimate of drug-likeness (QED) is 0.861. The first-order valence-electron chi connectivity index (χ1n) is 9.44. The molecule has 7 heteroatoms. The smallest absolute Gasteiger partial charge is 0.274 e. The fraction of sp³-hybridized carbons (Fsp3) is 0.579. The average Bonchev–Trinajstić information content (AvgIpc) is 3.03. The van der Waals surface area contributed by atoms with Gasteiger partial charge in [0.15, 0.2) is 5.69 Å². The number of rotatable bonds is 2. The van der Waals surface area contributed by atoms with Crippen LogP contribution in [0.4, 0.5) is 0 Å². The van der Waals surface area contributed by atoms with Crippen LogP contribution in [0.15, 0.2) is 10.9 Å². The van der Waals surface area contributed by atoms with Crippen molar-refractivity contribution >= 4 is 5.91 Å². The molecule has 1 saturated heterocycles. The SMILES string of the molecule is Cc1nc(C2CCN(C(=O)c3n[nH]c4c3C[C@H](C)CC4)CC2)cc(=O)[nH]1. The van der Waals surface area contributed by atoms with Crippen molar-refractivity contribution in [3.63, 3.8) is 0 Å². The number of amides is 1. The Balaban J connectivity index is 1.46. The van der Waals surface area contributed by atoms with Crippen LogP contribution in [-0.2, 0) is 12.8 Å². The van der Waals surface area contributed by atoms with Crippen molar-refractivity contribution in [2.75, 3.05) is 13.1 Å². The first-order valence-corrected chi connectivity index (χ1v) is 9.44. The van der Waals surface area contributed by atoms with E-state index in [1.165, 1.54) is 0 Å². The van der Waals surface area contributed by atoms with Crippen molar-refractivity contribution in [2.45, 2.75) is 51.9 Å². The zero-order valence-corrected chi connectivity index (χ0v) is 15.3. The van der Waals surface area contributed by atoms with Crippen LogP contribution in [0.25, 0.3) is 0 Å². The fourth-order valence-corrected chi connectivity index (χ4v) is 4.19. The van der Waals surface area contributed by atoms with E-state index in [2.05, 4.69) is 27.1 Å². The molecule has 0 bridgehead atoms. The molecule has 1 atom stereocenters. The summed E-state index contributed by atoms with van der Waals surface area (Å²) in [5, 5.41) is 7.40. The molecule has 1 fully saturated rings. The highest BCUT2D eigenvalue weighted by molar-refractivity contribution is 5.94. The van der Waals surface area contributed by atoms with E-state index in [4.69, 9.17) is 0 Å². The lowest BCUT2D eigenvalue weighted by Crippen LogP contribution is -2.39. The van der Waals surface area contributed by atoms with Gasteiger partial charge in [0.05, 0.1) is 5.69 Å². The molecule has 2 aliphatic rings. The van der Waals surface area contributed by atoms with E-state index in [-0.39, 0.29) is 17.4 Å². The maximum Gasteiger partial charge on any atom is 0.274 e. The fourth-order valence-electron chi connectivity index (χ4n) is 4.19. The first kappa shape index (κ1) is 17.0. The van der Waals surface area contributed by atoms with Gasteiger partial charge >= 0.3 is 0 Å². The van der Waals surface area contributed by atoms with Gasteiger partial charge in [-0.15, -0.1) is 0 Å². The largest absolute Gasteiger partial charge is 0.337 e. The first-order chi connectivity index (χ1) is 12.5. The van der Waals surface area contributed by atoms with Gasteiger partial charge in [0.1, 0.15) is 5.82 Å². The van der Waals surface area contributed by atoms with Crippen LogP contribution < -0.4 is 5.56 Å². The van der Waals surface area contributed by atoms with Gasteiger partial charge in [0, 0.05) is 36.3 Å². The lowest BCUT2D eigenvalue weighted by Gasteiger charge is -2.31. The number of aromatic amines is 2. The van der Waals surface area contributed by atoms with Crippen LogP contribution in [0, 0.1) is 12.8 Å². The summed E-state index contributed by atoms with van der Waals surface area (Å²) in [6.07, 6.45) is 4.71. The van der Waals surface area contributed by atoms with E-state index < -0.39 is 0 Å². The molecule has 2 N–H and O–H groups in total. The Kier molecular flexibility index (Phi) is 4.38. The lowest BCUT2D eigenvalue weighted by atomic mass is 9.87. The van der Waals surface area contributed by atoms with Gasteiger partial charge in [-0.05, 0) is 44.9 Å². The van der Waals surface area contributed by atoms with Crippen molar-refractivity contribution in [2.24, 2.45) is 5.92 Å². The van der Waals surface area contributed by atoms with Gasteiger partial charge in [0.25, 0.3) is 11.5 Å². The van der Waals surface area contributed by atoms with Crippen LogP contribution in [-0.4, -0.2) is 44.1 Å². The van der Waals surface area contributed by atoms with Crippen molar-refractivity contribution in [3.05, 3.63) is 44.9 Å². The Morgan fingerprint density at radius 1 is 1.27 bits per heavy atom. The molecule has 0 radical (unpaired) electrons. The Morgan fingerprint density at radius 3 is 2.77 bits per heavy atom. The van der Waals surface area contributed by atoms with Gasteiger partial charge < -0.3 is 9.88 Å². The number of carbonyl (C=O) groups is 1. The van der Waals surface area contributed by atoms with Crippen molar-refractivity contribution in [3.8, 4) is 0 Å². The summed E-state index contributed by atoms with van der Waals surface area (Å²) in [5.41, 5.74) is 3.58. The number of hydrogen-bond acceptors (Lipinski definition) is 4. The molecule has 0 aromatic carbocycles. The second-order valence-corrected chi connectivity index (χ2v) is 7.70. The van der Waals surface area contributed by atoms with Crippen molar-refractivity contribution in [1.82, 2.24) is 25.1 Å². The van der Waals surface area contributed by atoms with Crippen LogP contribution in [0.1, 0.15) is 65.4 Å². The maximum atomic E-state index is 13.0. The molecule has 26 heavy (non-hydrogen) atoms. The molecular formula is C19H25N5O2. The van der Waals surface area contributed by atoms with Crippen LogP contribution in [0.2, 0.25) is 0 Å². The Hall–Kier alpha value is -2.44. The molecule has 7 nitrogen and oxygen atoms in total. The summed E-state index contributed by atoms with van der Waals surface area (Å²) in [5.74, 6) is 1.50. The molecule has 3 heterocycles. The van der Waals surface area contributed by atoms with Gasteiger partial charge in [-0.25, -0.2) is 4.98 Å². The highest BCUT2D eigenvalue weighted by Crippen LogP contribution is 2.30. The number of piperidine rings is 1. The Labute approximate surface area is 152 Å². The lowest BCUT2D eigenvalue weighted by molar-refractivity contribution is 0.0704. The van der Waals surface area contributed by atoms with Gasteiger partial charge in [0.2, 0.25) is 0 Å². The van der Waals surface area contributed by atoms with E-state index in [1.54, 1.807) is 13.0 Å². The molecule has 0 unspecified atom stereocenters. The van der Waals surface area contributed by atoms with Crippen molar-refractivity contribution in [1.29, 1.82) is 0 Å². The number of likely N-dealkylation sites (tertiary alicyclic amines) is 1. The van der Waals surface area contributed by atoms with E-state index in [9.17, 15) is 9.59 Å². The van der Waals surface area contributed by atoms with Gasteiger partial charge in [-0.2, -0.15) is 5.10 Å². The third kappa shape index (κ3) is 3.18. The molecule has 2 aromatic heterocycles. The maximum absolute atomic E-state index is 13.0. The summed E-state index contributed by atoms with van der Waals surface area (Å²) in [6, 6.07) is 1.58. The molecule has 4 rings (SSSR count). The normalized spacial score (nSPS) is 20.8. The number of H-pyrrole nitrogens is 2. The number of fused-ring (bicyclic) bond motifs is 1. The van der Waals surface area contributed by atoms with Crippen LogP contribution in [0.5, 0.6) is 0 Å². The zero-order valence-electron chi connectivity index (χ0n) is 15.3. The second kappa shape index (κ2) is 6.70. The third-order valence-corrected chi connectivity index (χ3v) is 5.68. The minimum atomic E-state index is -0.108. The average molecular weight is 355 g/mol. The number of aryl methyl sites for hydroxylation is 2. The number of nitrogens with zero attached hydrogens (tertiary/aromatic N) is 3. The van der Waals surface area contributed by atoms with E-state index in [0.29, 0.717) is 30.5 Å². The summed E-state index contributed by atoms with van der Waals surface area (Å²) in [6.45, 7) is 5.37. The minimum absolute atomic E-state index is 0.0325. The number of carbonyl (C=O) groups excluding carboxylic acids is 1. The predicted molar refractivity (Wildman–Crippen MR) is 97.2 cm³/mol. The van der Waals surface area contributed by atoms with Crippen LogP contribution in [0.3, 0.4) is 0 Å². The number of hydrogen-bond donors (Lipinski definition) is 2. The molecule has 2 aromatic rings. The zero-order chi connectivity index (χ0) is 18.3. The Morgan fingerprint density at radius 2 is 2.04 bits per heavy atom. The highest BCUT2D eigenvalue weighted by atomic mass is 16.2. The topological polar surface area (TPSA) is 94.7 Å². The molecule has 0 saturated carbocycles. The van der Waals surface area contributed by atoms with E-state index in [1.807, 2.05) is 4.90 Å². The second-order valence-electron chi connectivity index (χ2n) is 7.70. The van der Waals surface area contributed by atoms with E-state index in [0.717, 1.165) is 49.1 Å². The molecule has 1 amide bonds. The number of aromatic nitrogens is 4. The minimum Gasteiger partial charge on any atom is -0.337 e. The van der Waals surface area contributed by atoms with Crippen LogP contribution >= 0.6 is 0 Å². The summed E-state index contributed by atoms with van der Waals surface area (Å²) < 4.78 is 0. The number of nitrogens with one attached hydrogen (secondary N) is 2. The molecule has 1 aliphatic carbocycles. The summed E-state index contributed by atoms with van der Waals surface area (Å²) in [4.78, 5) is 33.7. The van der Waals surface area contributed by atoms with Crippen molar-refractivity contribution < 1.29 is 4.79 Å². The van der Waals surface area contributed by atoms with E-state index >= 15 is 0 Å². The molecule has 1 aliphatic heterocycles.